The monoisotopic (exact) mass is 260 g/mol. The van der Waals surface area contributed by atoms with Crippen molar-refractivity contribution in [3.8, 4) is 11.1 Å². The molecule has 1 aromatic carbocycles. The highest BCUT2D eigenvalue weighted by Crippen LogP contribution is 2.40. The molecule has 1 saturated carbocycles. The summed E-state index contributed by atoms with van der Waals surface area (Å²) in [5, 5.41) is 3.33. The number of hydrogen-bond acceptors (Lipinski definition) is 2. The molecular weight excluding hydrogens is 244 g/mol. The Bertz CT molecular complexity index is 496. The average molecular weight is 261 g/mol. The predicted molar refractivity (Wildman–Crippen MR) is 77.1 cm³/mol. The molecule has 0 spiro atoms. The Morgan fingerprint density at radius 1 is 1.00 bits per heavy atom. The van der Waals surface area contributed by atoms with Gasteiger partial charge >= 0.3 is 0 Å². The van der Waals surface area contributed by atoms with Crippen LogP contribution in [0.15, 0.2) is 48.8 Å². The number of aromatic nitrogens is 1. The van der Waals surface area contributed by atoms with Gasteiger partial charge in [-0.1, -0.05) is 24.3 Å². The summed E-state index contributed by atoms with van der Waals surface area (Å²) in [5.41, 5.74) is 3.94. The average Bonchev–Trinajstić information content (AvgIpc) is 3.19. The number of nitrogens with one attached hydrogen (secondary N) is 1. The first kappa shape index (κ1) is 13.1. The summed E-state index contributed by atoms with van der Waals surface area (Å²) < 4.78 is 0. The van der Waals surface area contributed by atoms with E-state index in [4.69, 9.17) is 0 Å². The zero-order chi connectivity index (χ0) is 11.7. The molecular formula is C15H17ClN2. The standard InChI is InChI=1S/C15H16N2.ClH/c1-16-15-10-14(15)13-4-2-11(3-5-13)12-6-8-17-9-7-12;/h2-9,14-16H,10H2,1H3;1H. The molecule has 0 saturated heterocycles. The lowest BCUT2D eigenvalue weighted by atomic mass is 10.0. The molecule has 18 heavy (non-hydrogen) atoms. The molecule has 2 atom stereocenters. The maximum Gasteiger partial charge on any atom is 0.0273 e. The Morgan fingerprint density at radius 2 is 1.61 bits per heavy atom. The van der Waals surface area contributed by atoms with E-state index < -0.39 is 0 Å². The highest BCUT2D eigenvalue weighted by molar-refractivity contribution is 5.85. The summed E-state index contributed by atoms with van der Waals surface area (Å²) >= 11 is 0. The molecule has 1 heterocycles. The SMILES string of the molecule is CNC1CC1c1ccc(-c2ccncc2)cc1.Cl. The van der Waals surface area contributed by atoms with E-state index in [9.17, 15) is 0 Å². The van der Waals surface area contributed by atoms with Crippen LogP contribution >= 0.6 is 12.4 Å². The van der Waals surface area contributed by atoms with Gasteiger partial charge in [-0.2, -0.15) is 0 Å². The van der Waals surface area contributed by atoms with Gasteiger partial charge in [-0.25, -0.2) is 0 Å². The highest BCUT2D eigenvalue weighted by atomic mass is 35.5. The number of nitrogens with zero attached hydrogens (tertiary/aromatic N) is 1. The number of likely N-dealkylation sites (N-methyl/N-ethyl adjacent to an activating group) is 1. The van der Waals surface area contributed by atoms with Crippen LogP contribution in [0.3, 0.4) is 0 Å². The van der Waals surface area contributed by atoms with Gasteiger partial charge in [-0.3, -0.25) is 4.98 Å². The Labute approximate surface area is 114 Å². The van der Waals surface area contributed by atoms with Crippen molar-refractivity contribution in [3.05, 3.63) is 54.4 Å². The first-order chi connectivity index (χ1) is 8.38. The summed E-state index contributed by atoms with van der Waals surface area (Å²) in [6, 6.07) is 13.7. The Hall–Kier alpha value is -1.38. The second-order valence-electron chi connectivity index (χ2n) is 4.60. The van der Waals surface area contributed by atoms with Crippen LogP contribution in [0.5, 0.6) is 0 Å². The molecule has 1 aliphatic carbocycles. The van der Waals surface area contributed by atoms with E-state index in [1.807, 2.05) is 31.6 Å². The summed E-state index contributed by atoms with van der Waals surface area (Å²) in [6.45, 7) is 0. The third kappa shape index (κ3) is 2.55. The van der Waals surface area contributed by atoms with Crippen LogP contribution in [0.25, 0.3) is 11.1 Å². The van der Waals surface area contributed by atoms with Gasteiger partial charge in [0.1, 0.15) is 0 Å². The van der Waals surface area contributed by atoms with Crippen molar-refractivity contribution in [2.75, 3.05) is 7.05 Å². The number of rotatable bonds is 3. The third-order valence-electron chi connectivity index (χ3n) is 3.51. The maximum atomic E-state index is 4.04. The summed E-state index contributed by atoms with van der Waals surface area (Å²) in [4.78, 5) is 4.04. The lowest BCUT2D eigenvalue weighted by Crippen LogP contribution is -2.10. The van der Waals surface area contributed by atoms with Gasteiger partial charge in [-0.15, -0.1) is 12.4 Å². The minimum absolute atomic E-state index is 0. The van der Waals surface area contributed by atoms with E-state index in [1.54, 1.807) is 0 Å². The van der Waals surface area contributed by atoms with Gasteiger partial charge < -0.3 is 5.32 Å². The van der Waals surface area contributed by atoms with Gasteiger partial charge in [0, 0.05) is 24.4 Å². The van der Waals surface area contributed by atoms with Crippen molar-refractivity contribution in [2.24, 2.45) is 0 Å². The van der Waals surface area contributed by atoms with Crippen LogP contribution < -0.4 is 5.32 Å². The number of halogens is 1. The van der Waals surface area contributed by atoms with Gasteiger partial charge in [0.25, 0.3) is 0 Å². The molecule has 0 bridgehead atoms. The summed E-state index contributed by atoms with van der Waals surface area (Å²) in [7, 11) is 2.04. The Morgan fingerprint density at radius 3 is 2.17 bits per heavy atom. The van der Waals surface area contributed by atoms with Gasteiger partial charge in [0.15, 0.2) is 0 Å². The fraction of sp³-hybridized carbons (Fsp3) is 0.267. The number of pyridine rings is 1. The van der Waals surface area contributed by atoms with E-state index in [1.165, 1.54) is 23.1 Å². The van der Waals surface area contributed by atoms with E-state index in [0.29, 0.717) is 12.0 Å². The lowest BCUT2D eigenvalue weighted by Gasteiger charge is -2.04. The first-order valence-corrected chi connectivity index (χ1v) is 6.06. The second-order valence-corrected chi connectivity index (χ2v) is 4.60. The van der Waals surface area contributed by atoms with Crippen molar-refractivity contribution < 1.29 is 0 Å². The van der Waals surface area contributed by atoms with Crippen LogP contribution in [0, 0.1) is 0 Å². The zero-order valence-corrected chi connectivity index (χ0v) is 11.2. The molecule has 0 amide bonds. The Balaban J connectivity index is 0.00000120. The van der Waals surface area contributed by atoms with Crippen molar-refractivity contribution in [2.45, 2.75) is 18.4 Å². The van der Waals surface area contributed by atoms with Crippen LogP contribution in [0.1, 0.15) is 17.9 Å². The van der Waals surface area contributed by atoms with Crippen molar-refractivity contribution in [3.63, 3.8) is 0 Å². The van der Waals surface area contributed by atoms with Crippen LogP contribution in [0.4, 0.5) is 0 Å². The molecule has 94 valence electrons. The fourth-order valence-electron chi connectivity index (χ4n) is 2.35. The number of benzene rings is 1. The molecule has 0 radical (unpaired) electrons. The normalized spacial score (nSPS) is 21.2. The van der Waals surface area contributed by atoms with Crippen molar-refractivity contribution in [1.29, 1.82) is 0 Å². The zero-order valence-electron chi connectivity index (χ0n) is 10.3. The van der Waals surface area contributed by atoms with Crippen molar-refractivity contribution in [1.82, 2.24) is 10.3 Å². The van der Waals surface area contributed by atoms with E-state index in [-0.39, 0.29) is 12.4 Å². The summed E-state index contributed by atoms with van der Waals surface area (Å²) in [6.07, 6.45) is 4.94. The molecule has 3 heteroatoms. The predicted octanol–water partition coefficient (Wildman–Crippen LogP) is 3.25. The molecule has 2 unspecified atom stereocenters. The van der Waals surface area contributed by atoms with Gasteiger partial charge in [0.2, 0.25) is 0 Å². The van der Waals surface area contributed by atoms with E-state index in [0.717, 1.165) is 0 Å². The van der Waals surface area contributed by atoms with Gasteiger partial charge in [0.05, 0.1) is 0 Å². The van der Waals surface area contributed by atoms with Crippen LogP contribution in [0.2, 0.25) is 0 Å². The maximum absolute atomic E-state index is 4.04. The van der Waals surface area contributed by atoms with Crippen LogP contribution in [-0.2, 0) is 0 Å². The topological polar surface area (TPSA) is 24.9 Å². The Kier molecular flexibility index (Phi) is 4.00. The smallest absolute Gasteiger partial charge is 0.0273 e. The van der Waals surface area contributed by atoms with Gasteiger partial charge in [-0.05, 0) is 42.3 Å². The third-order valence-corrected chi connectivity index (χ3v) is 3.51. The fourth-order valence-corrected chi connectivity index (χ4v) is 2.35. The quantitative estimate of drug-likeness (QED) is 0.916. The molecule has 1 N–H and O–H groups in total. The number of hydrogen-bond donors (Lipinski definition) is 1. The molecule has 3 rings (SSSR count). The summed E-state index contributed by atoms with van der Waals surface area (Å²) in [5.74, 6) is 0.714. The lowest BCUT2D eigenvalue weighted by molar-refractivity contribution is 0.784. The molecule has 1 aliphatic rings. The van der Waals surface area contributed by atoms with E-state index in [2.05, 4.69) is 34.6 Å². The minimum Gasteiger partial charge on any atom is -0.316 e. The van der Waals surface area contributed by atoms with Crippen molar-refractivity contribution >= 4 is 12.4 Å². The first-order valence-electron chi connectivity index (χ1n) is 6.06. The minimum atomic E-state index is 0. The van der Waals surface area contributed by atoms with Crippen LogP contribution in [-0.4, -0.2) is 18.1 Å². The van der Waals surface area contributed by atoms with E-state index >= 15 is 0 Å². The largest absolute Gasteiger partial charge is 0.316 e. The molecule has 0 aliphatic heterocycles. The molecule has 2 aromatic rings. The molecule has 2 nitrogen and oxygen atoms in total. The molecule has 1 aromatic heterocycles. The molecule has 1 fully saturated rings. The second kappa shape index (κ2) is 5.51. The highest BCUT2D eigenvalue weighted by Gasteiger charge is 2.36.